The summed E-state index contributed by atoms with van der Waals surface area (Å²) in [7, 11) is 0. The number of nitro groups is 1. The summed E-state index contributed by atoms with van der Waals surface area (Å²) in [6, 6.07) is 4.01. The fourth-order valence-corrected chi connectivity index (χ4v) is 1.14. The maximum absolute atomic E-state index is 10.6. The molecule has 1 rings (SSSR count). The van der Waals surface area contributed by atoms with Gasteiger partial charge in [0.2, 0.25) is 0 Å². The van der Waals surface area contributed by atoms with Gasteiger partial charge < -0.3 is 5.11 Å². The largest absolute Gasteiger partial charge is 0.481 e. The number of carbonyl (C=O) groups is 1. The molecule has 1 N–H and O–H groups in total. The Hall–Kier alpha value is -2.06. The minimum absolute atomic E-state index is 0.149. The molecule has 0 bridgehead atoms. The van der Waals surface area contributed by atoms with Crippen molar-refractivity contribution in [1.82, 2.24) is 0 Å². The number of rotatable bonds is 2. The molecule has 0 saturated heterocycles. The summed E-state index contributed by atoms with van der Waals surface area (Å²) < 4.78 is 0. The van der Waals surface area contributed by atoms with E-state index in [0.717, 1.165) is 0 Å². The average molecular weight is 240 g/mol. The van der Waals surface area contributed by atoms with E-state index in [1.54, 1.807) is 0 Å². The van der Waals surface area contributed by atoms with Crippen LogP contribution in [-0.4, -0.2) is 16.0 Å². The van der Waals surface area contributed by atoms with Crippen molar-refractivity contribution in [3.8, 4) is 11.8 Å². The van der Waals surface area contributed by atoms with Crippen molar-refractivity contribution in [1.29, 1.82) is 0 Å². The molecule has 0 aromatic heterocycles. The molecule has 16 heavy (non-hydrogen) atoms. The molecule has 0 aliphatic rings. The molecule has 0 aliphatic heterocycles. The highest BCUT2D eigenvalue weighted by molar-refractivity contribution is 6.30. The van der Waals surface area contributed by atoms with Gasteiger partial charge in [-0.25, -0.2) is 0 Å². The molecule has 6 heteroatoms. The van der Waals surface area contributed by atoms with Crippen LogP contribution < -0.4 is 0 Å². The lowest BCUT2D eigenvalue weighted by Gasteiger charge is -1.95. The number of halogens is 1. The lowest BCUT2D eigenvalue weighted by molar-refractivity contribution is -0.385. The van der Waals surface area contributed by atoms with Gasteiger partial charge >= 0.3 is 5.97 Å². The van der Waals surface area contributed by atoms with Gasteiger partial charge in [0.15, 0.2) is 0 Å². The van der Waals surface area contributed by atoms with Crippen LogP contribution >= 0.6 is 11.6 Å². The number of hydrogen-bond acceptors (Lipinski definition) is 3. The number of carboxylic acid groups (broad SMARTS) is 1. The smallest absolute Gasteiger partial charge is 0.315 e. The summed E-state index contributed by atoms with van der Waals surface area (Å²) in [5.41, 5.74) is -0.0824. The van der Waals surface area contributed by atoms with Gasteiger partial charge in [-0.1, -0.05) is 23.4 Å². The molecule has 0 atom stereocenters. The first-order valence-electron chi connectivity index (χ1n) is 4.15. The van der Waals surface area contributed by atoms with Crippen LogP contribution in [0.1, 0.15) is 12.0 Å². The van der Waals surface area contributed by atoms with Crippen molar-refractivity contribution in [2.75, 3.05) is 0 Å². The SMILES string of the molecule is O=C(O)CC#Cc1ccc(Cl)cc1[N+](=O)[O-]. The molecule has 1 aromatic rings. The zero-order valence-corrected chi connectivity index (χ0v) is 8.69. The lowest BCUT2D eigenvalue weighted by Crippen LogP contribution is -1.93. The van der Waals surface area contributed by atoms with Crippen LogP contribution in [0, 0.1) is 22.0 Å². The van der Waals surface area contributed by atoms with E-state index in [9.17, 15) is 14.9 Å². The first-order valence-corrected chi connectivity index (χ1v) is 4.53. The molecule has 0 heterocycles. The van der Waals surface area contributed by atoms with Crippen molar-refractivity contribution < 1.29 is 14.8 Å². The fourth-order valence-electron chi connectivity index (χ4n) is 0.977. The Labute approximate surface area is 95.8 Å². The topological polar surface area (TPSA) is 80.4 Å². The van der Waals surface area contributed by atoms with Crippen LogP contribution in [0.5, 0.6) is 0 Å². The second kappa shape index (κ2) is 5.14. The van der Waals surface area contributed by atoms with Gasteiger partial charge in [0.1, 0.15) is 12.0 Å². The van der Waals surface area contributed by atoms with Crippen LogP contribution in [0.3, 0.4) is 0 Å². The number of nitro benzene ring substituents is 1. The summed E-state index contributed by atoms with van der Waals surface area (Å²) in [5, 5.41) is 19.2. The monoisotopic (exact) mass is 239 g/mol. The Morgan fingerprint density at radius 1 is 1.56 bits per heavy atom. The quantitative estimate of drug-likeness (QED) is 0.487. The van der Waals surface area contributed by atoms with Crippen LogP contribution in [0.25, 0.3) is 0 Å². The van der Waals surface area contributed by atoms with Gasteiger partial charge in [-0.2, -0.15) is 0 Å². The van der Waals surface area contributed by atoms with Gasteiger partial charge in [0.25, 0.3) is 5.69 Å². The van der Waals surface area contributed by atoms with Crippen LogP contribution in [0.15, 0.2) is 18.2 Å². The van der Waals surface area contributed by atoms with Gasteiger partial charge in [0.05, 0.1) is 4.92 Å². The molecular weight excluding hydrogens is 234 g/mol. The number of nitrogens with zero attached hydrogens (tertiary/aromatic N) is 1. The van der Waals surface area contributed by atoms with E-state index in [-0.39, 0.29) is 22.7 Å². The molecule has 0 saturated carbocycles. The lowest BCUT2D eigenvalue weighted by atomic mass is 10.2. The zero-order valence-electron chi connectivity index (χ0n) is 7.94. The van der Waals surface area contributed by atoms with Crippen molar-refractivity contribution >= 4 is 23.3 Å². The van der Waals surface area contributed by atoms with Crippen molar-refractivity contribution in [3.05, 3.63) is 38.9 Å². The molecule has 0 spiro atoms. The molecule has 82 valence electrons. The van der Waals surface area contributed by atoms with Gasteiger partial charge in [-0.3, -0.25) is 14.9 Å². The number of carboxylic acids is 1. The van der Waals surface area contributed by atoms with E-state index in [1.807, 2.05) is 0 Å². The summed E-state index contributed by atoms with van der Waals surface area (Å²) in [6.07, 6.45) is -0.361. The third kappa shape index (κ3) is 3.26. The predicted octanol–water partition coefficient (Wildman–Crippen LogP) is 2.07. The van der Waals surface area contributed by atoms with E-state index in [2.05, 4.69) is 11.8 Å². The second-order valence-corrected chi connectivity index (χ2v) is 3.23. The maximum Gasteiger partial charge on any atom is 0.315 e. The van der Waals surface area contributed by atoms with Crippen LogP contribution in [0.2, 0.25) is 5.02 Å². The first kappa shape index (κ1) is 12.0. The second-order valence-electron chi connectivity index (χ2n) is 2.79. The zero-order chi connectivity index (χ0) is 12.1. The molecular formula is C10H6ClNO4. The number of benzene rings is 1. The predicted molar refractivity (Wildman–Crippen MR) is 57.2 cm³/mol. The summed E-state index contributed by atoms with van der Waals surface area (Å²) >= 11 is 5.60. The van der Waals surface area contributed by atoms with Crippen molar-refractivity contribution in [3.63, 3.8) is 0 Å². The Morgan fingerprint density at radius 2 is 2.25 bits per heavy atom. The molecule has 0 aliphatic carbocycles. The summed E-state index contributed by atoms with van der Waals surface area (Å²) in [4.78, 5) is 20.2. The minimum atomic E-state index is -1.08. The summed E-state index contributed by atoms with van der Waals surface area (Å²) in [5.74, 6) is 3.66. The third-order valence-corrected chi connectivity index (χ3v) is 1.85. The highest BCUT2D eigenvalue weighted by atomic mass is 35.5. The normalized spacial score (nSPS) is 9.06. The molecule has 0 amide bonds. The van der Waals surface area contributed by atoms with E-state index in [0.29, 0.717) is 0 Å². The highest BCUT2D eigenvalue weighted by Crippen LogP contribution is 2.22. The van der Waals surface area contributed by atoms with Crippen molar-refractivity contribution in [2.45, 2.75) is 6.42 Å². The number of aliphatic carboxylic acids is 1. The number of hydrogen-bond donors (Lipinski definition) is 1. The van der Waals surface area contributed by atoms with Crippen LogP contribution in [0.4, 0.5) is 5.69 Å². The van der Waals surface area contributed by atoms with E-state index in [4.69, 9.17) is 16.7 Å². The van der Waals surface area contributed by atoms with E-state index < -0.39 is 10.9 Å². The maximum atomic E-state index is 10.6. The van der Waals surface area contributed by atoms with Gasteiger partial charge in [-0.15, -0.1) is 0 Å². The van der Waals surface area contributed by atoms with E-state index >= 15 is 0 Å². The minimum Gasteiger partial charge on any atom is -0.481 e. The first-order chi connectivity index (χ1) is 7.50. The van der Waals surface area contributed by atoms with E-state index in [1.165, 1.54) is 18.2 Å². The third-order valence-electron chi connectivity index (χ3n) is 1.62. The fraction of sp³-hybridized carbons (Fsp3) is 0.100. The summed E-state index contributed by atoms with van der Waals surface area (Å²) in [6.45, 7) is 0. The van der Waals surface area contributed by atoms with Gasteiger partial charge in [-0.05, 0) is 12.1 Å². The Balaban J connectivity index is 3.07. The molecule has 0 radical (unpaired) electrons. The standard InChI is InChI=1S/C10H6ClNO4/c11-8-5-4-7(2-1-3-10(13)14)9(6-8)12(15)16/h4-6H,3H2,(H,13,14). The average Bonchev–Trinajstić information content (AvgIpc) is 2.19. The molecule has 1 aromatic carbocycles. The highest BCUT2D eigenvalue weighted by Gasteiger charge is 2.12. The van der Waals surface area contributed by atoms with Gasteiger partial charge in [0, 0.05) is 11.1 Å². The Morgan fingerprint density at radius 3 is 2.81 bits per heavy atom. The van der Waals surface area contributed by atoms with Crippen LogP contribution in [-0.2, 0) is 4.79 Å². The molecule has 0 fully saturated rings. The molecule has 0 unspecified atom stereocenters. The Bertz CT molecular complexity index is 501. The molecule has 5 nitrogen and oxygen atoms in total. The Kier molecular flexibility index (Phi) is 3.86. The van der Waals surface area contributed by atoms with Crippen molar-refractivity contribution in [2.24, 2.45) is 0 Å².